The average Bonchev–Trinajstić information content (AvgIpc) is 2.18. The van der Waals surface area contributed by atoms with Crippen LogP contribution in [-0.2, 0) is 5.54 Å². The molecule has 0 fully saturated rings. The van der Waals surface area contributed by atoms with Gasteiger partial charge >= 0.3 is 0 Å². The van der Waals surface area contributed by atoms with E-state index in [9.17, 15) is 9.59 Å². The second-order valence-corrected chi connectivity index (χ2v) is 4.64. The molecule has 0 amide bonds. The number of pyridine rings is 1. The summed E-state index contributed by atoms with van der Waals surface area (Å²) < 4.78 is 2.63. The molecule has 2 aromatic rings. The molecule has 0 bridgehead atoms. The summed E-state index contributed by atoms with van der Waals surface area (Å²) in [6, 6.07) is 4.59. The van der Waals surface area contributed by atoms with Crippen LogP contribution in [0.3, 0.4) is 0 Å². The minimum atomic E-state index is -0.398. The summed E-state index contributed by atoms with van der Waals surface area (Å²) in [6.45, 7) is 5.66. The van der Waals surface area contributed by atoms with Gasteiger partial charge in [-0.1, -0.05) is 6.07 Å². The predicted molar refractivity (Wildman–Crippen MR) is 60.7 cm³/mol. The Kier molecular flexibility index (Phi) is 2.18. The van der Waals surface area contributed by atoms with Crippen molar-refractivity contribution in [3.63, 3.8) is 0 Å². The fraction of sp³-hybridized carbons (Fsp3) is 0.364. The summed E-state index contributed by atoms with van der Waals surface area (Å²) in [4.78, 5) is 23.5. The molecule has 0 aliphatic carbocycles. The highest BCUT2D eigenvalue weighted by atomic mass is 16.1. The van der Waals surface area contributed by atoms with E-state index in [-0.39, 0.29) is 11.1 Å². The molecule has 84 valence electrons. The van der Waals surface area contributed by atoms with E-state index in [0.717, 1.165) is 0 Å². The Hall–Kier alpha value is -1.91. The first-order valence-electron chi connectivity index (χ1n) is 5.01. The summed E-state index contributed by atoms with van der Waals surface area (Å²) in [5, 5.41) is 4.01. The minimum absolute atomic E-state index is 0.247. The van der Waals surface area contributed by atoms with Crippen LogP contribution in [0, 0.1) is 0 Å². The van der Waals surface area contributed by atoms with Gasteiger partial charge in [-0.05, 0) is 26.8 Å². The van der Waals surface area contributed by atoms with Gasteiger partial charge in [-0.25, -0.2) is 4.68 Å². The van der Waals surface area contributed by atoms with Crippen LogP contribution in [-0.4, -0.2) is 14.2 Å². The third-order valence-electron chi connectivity index (χ3n) is 2.32. The van der Waals surface area contributed by atoms with Crippen LogP contribution in [0.5, 0.6) is 0 Å². The second kappa shape index (κ2) is 3.30. The second-order valence-electron chi connectivity index (χ2n) is 4.64. The Morgan fingerprint density at radius 2 is 1.88 bits per heavy atom. The first-order valence-corrected chi connectivity index (χ1v) is 5.01. The molecule has 0 aromatic carbocycles. The largest absolute Gasteiger partial charge is 0.291 e. The molecule has 0 saturated heterocycles. The fourth-order valence-electron chi connectivity index (χ4n) is 1.54. The van der Waals surface area contributed by atoms with Crippen LogP contribution in [0.4, 0.5) is 0 Å². The van der Waals surface area contributed by atoms with E-state index < -0.39 is 5.54 Å². The van der Waals surface area contributed by atoms with Gasteiger partial charge in [0.2, 0.25) is 0 Å². The maximum Gasteiger partial charge on any atom is 0.291 e. The number of nitrogens with zero attached hydrogens (tertiary/aromatic N) is 3. The van der Waals surface area contributed by atoms with Gasteiger partial charge in [-0.2, -0.15) is 5.10 Å². The summed E-state index contributed by atoms with van der Waals surface area (Å²) >= 11 is 0. The van der Waals surface area contributed by atoms with E-state index >= 15 is 0 Å². The molecule has 0 aliphatic rings. The van der Waals surface area contributed by atoms with E-state index in [4.69, 9.17) is 0 Å². The molecule has 0 unspecified atom stereocenters. The van der Waals surface area contributed by atoms with E-state index in [2.05, 4.69) is 5.10 Å². The normalized spacial score (nSPS) is 11.9. The van der Waals surface area contributed by atoms with Gasteiger partial charge in [0, 0.05) is 6.07 Å². The van der Waals surface area contributed by atoms with Crippen molar-refractivity contribution in [2.75, 3.05) is 0 Å². The van der Waals surface area contributed by atoms with E-state index in [1.54, 1.807) is 12.1 Å². The first kappa shape index (κ1) is 10.6. The molecule has 2 heterocycles. The number of rotatable bonds is 0. The number of hydrogen-bond acceptors (Lipinski definition) is 3. The van der Waals surface area contributed by atoms with Crippen molar-refractivity contribution < 1.29 is 0 Å². The van der Waals surface area contributed by atoms with Gasteiger partial charge in [-0.3, -0.25) is 14.0 Å². The van der Waals surface area contributed by atoms with Gasteiger partial charge in [0.05, 0.1) is 5.54 Å². The van der Waals surface area contributed by atoms with Gasteiger partial charge in [0.15, 0.2) is 0 Å². The summed E-state index contributed by atoms with van der Waals surface area (Å²) in [5.74, 6) is 0. The molecule has 0 radical (unpaired) electrons. The Morgan fingerprint density at radius 3 is 2.50 bits per heavy atom. The highest BCUT2D eigenvalue weighted by Crippen LogP contribution is 2.08. The molecule has 0 spiro atoms. The lowest BCUT2D eigenvalue weighted by Gasteiger charge is -2.20. The zero-order valence-corrected chi connectivity index (χ0v) is 9.47. The number of hydrogen-bond donors (Lipinski definition) is 0. The quantitative estimate of drug-likeness (QED) is 0.652. The van der Waals surface area contributed by atoms with Gasteiger partial charge in [0.1, 0.15) is 11.8 Å². The molecular formula is C11H13N3O2. The molecule has 0 atom stereocenters. The van der Waals surface area contributed by atoms with Crippen LogP contribution in [0.15, 0.2) is 34.1 Å². The molecule has 0 N–H and O–H groups in total. The Labute approximate surface area is 92.0 Å². The average molecular weight is 219 g/mol. The van der Waals surface area contributed by atoms with E-state index in [1.165, 1.54) is 21.5 Å². The third kappa shape index (κ3) is 1.54. The van der Waals surface area contributed by atoms with Crippen LogP contribution in [0.1, 0.15) is 20.8 Å². The maximum atomic E-state index is 12.1. The molecule has 0 aliphatic heterocycles. The highest BCUT2D eigenvalue weighted by molar-refractivity contribution is 5.43. The molecule has 5 nitrogen and oxygen atoms in total. The van der Waals surface area contributed by atoms with Crippen LogP contribution >= 0.6 is 0 Å². The fourth-order valence-corrected chi connectivity index (χ4v) is 1.54. The summed E-state index contributed by atoms with van der Waals surface area (Å²) in [6.07, 6.45) is 1.38. The van der Waals surface area contributed by atoms with Gasteiger partial charge in [-0.15, -0.1) is 0 Å². The molecule has 2 rings (SSSR count). The van der Waals surface area contributed by atoms with Crippen LogP contribution in [0.2, 0.25) is 0 Å². The zero-order valence-electron chi connectivity index (χ0n) is 9.47. The molecule has 5 heteroatoms. The number of fused-ring (bicyclic) bond motifs is 1. The zero-order chi connectivity index (χ0) is 11.9. The molecule has 2 aromatic heterocycles. The van der Waals surface area contributed by atoms with Crippen molar-refractivity contribution >= 4 is 5.52 Å². The van der Waals surface area contributed by atoms with Crippen molar-refractivity contribution in [3.8, 4) is 0 Å². The monoisotopic (exact) mass is 219 g/mol. The summed E-state index contributed by atoms with van der Waals surface area (Å²) in [7, 11) is 0. The Morgan fingerprint density at radius 1 is 1.19 bits per heavy atom. The highest BCUT2D eigenvalue weighted by Gasteiger charge is 2.17. The lowest BCUT2D eigenvalue weighted by molar-refractivity contribution is 0.336. The van der Waals surface area contributed by atoms with Gasteiger partial charge < -0.3 is 0 Å². The standard InChI is InChI=1S/C11H13N3O2/c1-11(2,3)14-10(16)8-5-4-6-9(15)13(8)7-12-14/h4-7H,1-3H3. The van der Waals surface area contributed by atoms with Crippen molar-refractivity contribution in [1.82, 2.24) is 14.2 Å². The van der Waals surface area contributed by atoms with E-state index in [0.29, 0.717) is 5.52 Å². The number of aromatic nitrogens is 3. The predicted octanol–water partition coefficient (Wildman–Crippen LogP) is 0.611. The molecular weight excluding hydrogens is 206 g/mol. The SMILES string of the molecule is CC(C)(C)n1ncn2c(=O)cccc2c1=O. The van der Waals surface area contributed by atoms with Crippen molar-refractivity contribution in [2.24, 2.45) is 0 Å². The smallest absolute Gasteiger partial charge is 0.269 e. The lowest BCUT2D eigenvalue weighted by atomic mass is 10.1. The van der Waals surface area contributed by atoms with E-state index in [1.807, 2.05) is 20.8 Å². The summed E-state index contributed by atoms with van der Waals surface area (Å²) in [5.41, 5.74) is -0.557. The maximum absolute atomic E-state index is 12.1. The van der Waals surface area contributed by atoms with Crippen LogP contribution in [0.25, 0.3) is 5.52 Å². The minimum Gasteiger partial charge on any atom is -0.269 e. The first-order chi connectivity index (χ1) is 7.41. The lowest BCUT2D eigenvalue weighted by Crippen LogP contribution is -2.38. The molecule has 0 saturated carbocycles. The van der Waals surface area contributed by atoms with Crippen molar-refractivity contribution in [3.05, 3.63) is 45.2 Å². The molecule has 16 heavy (non-hydrogen) atoms. The Balaban J connectivity index is 2.92. The van der Waals surface area contributed by atoms with Gasteiger partial charge in [0.25, 0.3) is 11.1 Å². The Bertz CT molecular complexity index is 647. The third-order valence-corrected chi connectivity index (χ3v) is 2.32. The van der Waals surface area contributed by atoms with Crippen molar-refractivity contribution in [2.45, 2.75) is 26.3 Å². The van der Waals surface area contributed by atoms with Crippen molar-refractivity contribution in [1.29, 1.82) is 0 Å². The van der Waals surface area contributed by atoms with Crippen LogP contribution < -0.4 is 11.1 Å². The topological polar surface area (TPSA) is 56.4 Å².